The monoisotopic (exact) mass is 353 g/mol. The fourth-order valence-corrected chi connectivity index (χ4v) is 2.15. The van der Waals surface area contributed by atoms with Crippen molar-refractivity contribution in [3.63, 3.8) is 0 Å². The van der Waals surface area contributed by atoms with Gasteiger partial charge < -0.3 is 10.4 Å². The van der Waals surface area contributed by atoms with Gasteiger partial charge in [0.25, 0.3) is 0 Å². The Morgan fingerprint density at radius 3 is 2.71 bits per heavy atom. The molecule has 2 amide bonds. The molecule has 1 heterocycles. The highest BCUT2D eigenvalue weighted by atomic mass is 79.9. The second kappa shape index (κ2) is 6.49. The summed E-state index contributed by atoms with van der Waals surface area (Å²) in [5.74, 6) is -2.01. The molecule has 0 unspecified atom stereocenters. The quantitative estimate of drug-likeness (QED) is 0.855. The van der Waals surface area contributed by atoms with Crippen LogP contribution < -0.4 is 5.32 Å². The van der Waals surface area contributed by atoms with E-state index in [4.69, 9.17) is 5.11 Å². The Kier molecular flexibility index (Phi) is 4.69. The highest BCUT2D eigenvalue weighted by molar-refractivity contribution is 9.10. The SMILES string of the molecule is O=C(CN1N=C(C(=O)O)CCC1=O)Nc1ccccc1Br. The topological polar surface area (TPSA) is 99.1 Å². The van der Waals surface area contributed by atoms with Crippen LogP contribution in [0.1, 0.15) is 12.8 Å². The van der Waals surface area contributed by atoms with Crippen LogP contribution >= 0.6 is 15.9 Å². The van der Waals surface area contributed by atoms with Gasteiger partial charge in [0.05, 0.1) is 5.69 Å². The van der Waals surface area contributed by atoms with E-state index in [9.17, 15) is 14.4 Å². The molecule has 0 saturated carbocycles. The minimum Gasteiger partial charge on any atom is -0.477 e. The summed E-state index contributed by atoms with van der Waals surface area (Å²) in [5, 5.41) is 16.1. The smallest absolute Gasteiger partial charge is 0.352 e. The predicted molar refractivity (Wildman–Crippen MR) is 78.8 cm³/mol. The lowest BCUT2D eigenvalue weighted by molar-refractivity contribution is -0.136. The Morgan fingerprint density at radius 1 is 1.33 bits per heavy atom. The molecule has 0 atom stereocenters. The van der Waals surface area contributed by atoms with Crippen LogP contribution in [0.2, 0.25) is 0 Å². The zero-order valence-corrected chi connectivity index (χ0v) is 12.5. The highest BCUT2D eigenvalue weighted by Crippen LogP contribution is 2.21. The summed E-state index contributed by atoms with van der Waals surface area (Å²) < 4.78 is 0.707. The molecule has 0 saturated heterocycles. The van der Waals surface area contributed by atoms with Crippen LogP contribution in [0.25, 0.3) is 0 Å². The van der Waals surface area contributed by atoms with Crippen molar-refractivity contribution in [2.45, 2.75) is 12.8 Å². The molecular formula is C13H12BrN3O4. The minimum atomic E-state index is -1.18. The van der Waals surface area contributed by atoms with E-state index in [1.54, 1.807) is 24.3 Å². The third kappa shape index (κ3) is 3.88. The van der Waals surface area contributed by atoms with Crippen molar-refractivity contribution in [1.29, 1.82) is 0 Å². The standard InChI is InChI=1S/C13H12BrN3O4/c14-8-3-1-2-4-9(8)15-11(18)7-17-12(19)6-5-10(16-17)13(20)21/h1-4H,5-7H2,(H,15,18)(H,20,21). The van der Waals surface area contributed by atoms with Gasteiger partial charge in [-0.25, -0.2) is 9.80 Å². The van der Waals surface area contributed by atoms with Crippen LogP contribution in [-0.2, 0) is 14.4 Å². The van der Waals surface area contributed by atoms with Gasteiger partial charge in [0.2, 0.25) is 11.8 Å². The second-order valence-corrected chi connectivity index (χ2v) is 5.19. The number of carbonyl (C=O) groups excluding carboxylic acids is 2. The normalized spacial score (nSPS) is 14.6. The number of carboxylic acid groups (broad SMARTS) is 1. The Balaban J connectivity index is 2.05. The molecule has 0 aromatic heterocycles. The molecule has 1 aromatic carbocycles. The van der Waals surface area contributed by atoms with Crippen molar-refractivity contribution >= 4 is 45.1 Å². The van der Waals surface area contributed by atoms with Gasteiger partial charge in [0.15, 0.2) is 0 Å². The summed E-state index contributed by atoms with van der Waals surface area (Å²) in [6.07, 6.45) is 0.115. The number of hydrogen-bond donors (Lipinski definition) is 2. The van der Waals surface area contributed by atoms with Crippen molar-refractivity contribution < 1.29 is 19.5 Å². The molecule has 1 aliphatic heterocycles. The van der Waals surface area contributed by atoms with Crippen molar-refractivity contribution in [2.24, 2.45) is 5.10 Å². The number of aliphatic carboxylic acids is 1. The second-order valence-electron chi connectivity index (χ2n) is 4.33. The third-order valence-corrected chi connectivity index (χ3v) is 3.48. The lowest BCUT2D eigenvalue weighted by Gasteiger charge is -2.21. The number of hydrazone groups is 1. The number of benzene rings is 1. The zero-order valence-electron chi connectivity index (χ0n) is 10.9. The summed E-state index contributed by atoms with van der Waals surface area (Å²) in [7, 11) is 0. The molecule has 110 valence electrons. The zero-order chi connectivity index (χ0) is 15.4. The van der Waals surface area contributed by atoms with Crippen LogP contribution in [-0.4, -0.2) is 40.2 Å². The minimum absolute atomic E-state index is 0.0352. The molecule has 21 heavy (non-hydrogen) atoms. The van der Waals surface area contributed by atoms with E-state index in [0.717, 1.165) is 5.01 Å². The van der Waals surface area contributed by atoms with Crippen molar-refractivity contribution in [3.05, 3.63) is 28.7 Å². The summed E-state index contributed by atoms with van der Waals surface area (Å²) in [6, 6.07) is 7.03. The average molecular weight is 354 g/mol. The number of hydrogen-bond acceptors (Lipinski definition) is 4. The molecule has 0 fully saturated rings. The maximum Gasteiger partial charge on any atom is 0.352 e. The first kappa shape index (κ1) is 15.2. The molecule has 8 heteroatoms. The Bertz CT molecular complexity index is 630. The first-order chi connectivity index (χ1) is 9.97. The molecule has 0 spiro atoms. The Hall–Kier alpha value is -2.22. The lowest BCUT2D eigenvalue weighted by atomic mass is 10.2. The van der Waals surface area contributed by atoms with E-state index >= 15 is 0 Å². The van der Waals surface area contributed by atoms with Gasteiger partial charge in [0.1, 0.15) is 12.3 Å². The molecule has 2 rings (SSSR count). The number of halogens is 1. The fraction of sp³-hybridized carbons (Fsp3) is 0.231. The van der Waals surface area contributed by atoms with E-state index in [2.05, 4.69) is 26.3 Å². The van der Waals surface area contributed by atoms with Crippen molar-refractivity contribution in [1.82, 2.24) is 5.01 Å². The lowest BCUT2D eigenvalue weighted by Crippen LogP contribution is -2.39. The summed E-state index contributed by atoms with van der Waals surface area (Å²) in [5.41, 5.74) is 0.442. The van der Waals surface area contributed by atoms with Crippen LogP contribution in [0.3, 0.4) is 0 Å². The molecule has 7 nitrogen and oxygen atoms in total. The molecule has 0 bridgehead atoms. The van der Waals surface area contributed by atoms with Gasteiger partial charge in [-0.3, -0.25) is 9.59 Å². The number of nitrogens with one attached hydrogen (secondary N) is 1. The Labute approximate surface area is 128 Å². The first-order valence-electron chi connectivity index (χ1n) is 6.13. The molecule has 1 aromatic rings. The fourth-order valence-electron chi connectivity index (χ4n) is 1.77. The molecule has 0 aliphatic carbocycles. The van der Waals surface area contributed by atoms with E-state index < -0.39 is 11.9 Å². The predicted octanol–water partition coefficient (Wildman–Crippen LogP) is 1.45. The molecule has 0 radical (unpaired) electrons. The summed E-state index contributed by atoms with van der Waals surface area (Å²) in [4.78, 5) is 34.4. The average Bonchev–Trinajstić information content (AvgIpc) is 2.43. The number of para-hydroxylation sites is 1. The number of amides is 2. The van der Waals surface area contributed by atoms with Gasteiger partial charge >= 0.3 is 5.97 Å². The largest absolute Gasteiger partial charge is 0.477 e. The van der Waals surface area contributed by atoms with Crippen LogP contribution in [0.4, 0.5) is 5.69 Å². The van der Waals surface area contributed by atoms with Crippen LogP contribution in [0.15, 0.2) is 33.8 Å². The molecule has 1 aliphatic rings. The van der Waals surface area contributed by atoms with E-state index in [-0.39, 0.29) is 31.0 Å². The Morgan fingerprint density at radius 2 is 2.05 bits per heavy atom. The number of carbonyl (C=O) groups is 3. The van der Waals surface area contributed by atoms with E-state index in [0.29, 0.717) is 10.2 Å². The van der Waals surface area contributed by atoms with E-state index in [1.165, 1.54) is 0 Å². The van der Waals surface area contributed by atoms with Crippen molar-refractivity contribution in [2.75, 3.05) is 11.9 Å². The van der Waals surface area contributed by atoms with Gasteiger partial charge in [-0.15, -0.1) is 0 Å². The summed E-state index contributed by atoms with van der Waals surface area (Å²) >= 11 is 3.29. The van der Waals surface area contributed by atoms with Gasteiger partial charge in [-0.05, 0) is 28.1 Å². The first-order valence-corrected chi connectivity index (χ1v) is 6.92. The maximum absolute atomic E-state index is 11.9. The molecular weight excluding hydrogens is 342 g/mol. The van der Waals surface area contributed by atoms with Gasteiger partial charge in [-0.2, -0.15) is 5.10 Å². The van der Waals surface area contributed by atoms with E-state index in [1.807, 2.05) is 0 Å². The number of anilines is 1. The van der Waals surface area contributed by atoms with Crippen LogP contribution in [0.5, 0.6) is 0 Å². The number of rotatable bonds is 4. The van der Waals surface area contributed by atoms with Crippen molar-refractivity contribution in [3.8, 4) is 0 Å². The highest BCUT2D eigenvalue weighted by Gasteiger charge is 2.25. The van der Waals surface area contributed by atoms with Gasteiger partial charge in [0, 0.05) is 17.3 Å². The number of carboxylic acids is 1. The number of nitrogens with zero attached hydrogens (tertiary/aromatic N) is 2. The third-order valence-electron chi connectivity index (χ3n) is 2.79. The van der Waals surface area contributed by atoms with Crippen LogP contribution in [0, 0.1) is 0 Å². The van der Waals surface area contributed by atoms with Gasteiger partial charge in [-0.1, -0.05) is 12.1 Å². The molecule has 2 N–H and O–H groups in total. The summed E-state index contributed by atoms with van der Waals surface area (Å²) in [6.45, 7) is -0.322. The maximum atomic E-state index is 11.9.